The van der Waals surface area contributed by atoms with Gasteiger partial charge in [-0.2, -0.15) is 13.2 Å². The smallest absolute Gasteiger partial charge is 0.368 e. The zero-order valence-corrected chi connectivity index (χ0v) is 19.9. The van der Waals surface area contributed by atoms with E-state index in [1.54, 1.807) is 17.4 Å². The first-order chi connectivity index (χ1) is 16.9. The van der Waals surface area contributed by atoms with Crippen LogP contribution >= 0.6 is 11.3 Å². The summed E-state index contributed by atoms with van der Waals surface area (Å²) in [5.41, 5.74) is 0.760. The molecule has 2 saturated heterocycles. The first-order valence-corrected chi connectivity index (χ1v) is 12.6. The van der Waals surface area contributed by atoms with E-state index < -0.39 is 11.7 Å². The second-order valence-corrected chi connectivity index (χ2v) is 9.82. The molecule has 1 amide bonds. The number of hydrogen-bond donors (Lipinski definition) is 0. The summed E-state index contributed by atoms with van der Waals surface area (Å²) in [5.74, 6) is 0.933. The number of piperazine rings is 1. The minimum atomic E-state index is -4.36. The van der Waals surface area contributed by atoms with Gasteiger partial charge in [-0.05, 0) is 54.6 Å². The molecule has 0 N–H and O–H groups in total. The summed E-state index contributed by atoms with van der Waals surface area (Å²) in [4.78, 5) is 20.1. The predicted octanol–water partition coefficient (Wildman–Crippen LogP) is 4.79. The molecule has 4 heterocycles. The fraction of sp³-hybridized carbons (Fsp3) is 0.400. The topological polar surface area (TPSA) is 52.6 Å². The Kier molecular flexibility index (Phi) is 6.64. The van der Waals surface area contributed by atoms with E-state index in [4.69, 9.17) is 0 Å². The molecule has 6 nitrogen and oxygen atoms in total. The van der Waals surface area contributed by atoms with Gasteiger partial charge in [0.1, 0.15) is 5.69 Å². The molecule has 2 aromatic heterocycles. The second kappa shape index (κ2) is 9.85. The fourth-order valence-electron chi connectivity index (χ4n) is 4.73. The van der Waals surface area contributed by atoms with Crippen LogP contribution in [0, 0.1) is 5.92 Å². The van der Waals surface area contributed by atoms with Crippen molar-refractivity contribution in [1.82, 2.24) is 15.1 Å². The van der Waals surface area contributed by atoms with Crippen LogP contribution in [0.5, 0.6) is 0 Å². The van der Waals surface area contributed by atoms with Crippen LogP contribution in [0.25, 0.3) is 10.6 Å². The highest BCUT2D eigenvalue weighted by atomic mass is 32.1. The molecule has 0 spiro atoms. The average Bonchev–Trinajstić information content (AvgIpc) is 3.43. The number of amides is 1. The first-order valence-electron chi connectivity index (χ1n) is 11.7. The van der Waals surface area contributed by atoms with E-state index in [-0.39, 0.29) is 11.8 Å². The Morgan fingerprint density at radius 1 is 0.886 bits per heavy atom. The van der Waals surface area contributed by atoms with E-state index in [1.165, 1.54) is 12.1 Å². The van der Waals surface area contributed by atoms with Crippen LogP contribution < -0.4 is 9.80 Å². The van der Waals surface area contributed by atoms with Gasteiger partial charge in [-0.15, -0.1) is 21.5 Å². The number of halogens is 3. The highest BCUT2D eigenvalue weighted by Gasteiger charge is 2.33. The Hall–Kier alpha value is -3.14. The Bertz CT molecular complexity index is 1140. The highest BCUT2D eigenvalue weighted by Crippen LogP contribution is 2.32. The van der Waals surface area contributed by atoms with Crippen LogP contribution in [0.1, 0.15) is 18.4 Å². The number of thiophene rings is 1. The summed E-state index contributed by atoms with van der Waals surface area (Å²) in [7, 11) is 0. The molecule has 3 aromatic rings. The van der Waals surface area contributed by atoms with E-state index in [2.05, 4.69) is 15.1 Å². The molecular weight excluding hydrogens is 475 g/mol. The Labute approximate surface area is 206 Å². The van der Waals surface area contributed by atoms with E-state index in [1.807, 2.05) is 39.4 Å². The first kappa shape index (κ1) is 23.6. The molecule has 0 aliphatic carbocycles. The summed E-state index contributed by atoms with van der Waals surface area (Å²) in [6.07, 6.45) is -2.86. The van der Waals surface area contributed by atoms with Gasteiger partial charge in [0.2, 0.25) is 5.91 Å². The second-order valence-electron chi connectivity index (χ2n) is 8.88. The summed E-state index contributed by atoms with van der Waals surface area (Å²) in [5, 5.41) is 10.8. The number of benzene rings is 1. The number of hydrogen-bond acceptors (Lipinski definition) is 6. The van der Waals surface area contributed by atoms with Crippen LogP contribution in [0.3, 0.4) is 0 Å². The van der Waals surface area contributed by atoms with Gasteiger partial charge < -0.3 is 14.7 Å². The quantitative estimate of drug-likeness (QED) is 0.515. The van der Waals surface area contributed by atoms with Crippen LogP contribution in [0.2, 0.25) is 0 Å². The monoisotopic (exact) mass is 501 g/mol. The lowest BCUT2D eigenvalue weighted by atomic mass is 9.95. The molecular formula is C25H26F3N5OS. The van der Waals surface area contributed by atoms with E-state index >= 15 is 0 Å². The minimum Gasteiger partial charge on any atom is -0.368 e. The van der Waals surface area contributed by atoms with Gasteiger partial charge >= 0.3 is 6.18 Å². The lowest BCUT2D eigenvalue weighted by molar-refractivity contribution is -0.137. The molecule has 35 heavy (non-hydrogen) atoms. The number of anilines is 2. The van der Waals surface area contributed by atoms with Crippen molar-refractivity contribution in [1.29, 1.82) is 0 Å². The van der Waals surface area contributed by atoms with Gasteiger partial charge in [-0.25, -0.2) is 0 Å². The zero-order chi connectivity index (χ0) is 24.4. The van der Waals surface area contributed by atoms with Gasteiger partial charge in [0, 0.05) is 50.9 Å². The Morgan fingerprint density at radius 2 is 1.66 bits per heavy atom. The van der Waals surface area contributed by atoms with Gasteiger partial charge in [-0.1, -0.05) is 12.1 Å². The van der Waals surface area contributed by atoms with Crippen LogP contribution in [-0.2, 0) is 11.0 Å². The normalized spacial score (nSPS) is 17.6. The Balaban J connectivity index is 1.12. The molecule has 0 bridgehead atoms. The number of carbonyl (C=O) groups is 1. The maximum atomic E-state index is 13.1. The lowest BCUT2D eigenvalue weighted by Gasteiger charge is -2.39. The molecule has 0 radical (unpaired) electrons. The van der Waals surface area contributed by atoms with Crippen LogP contribution in [0.15, 0.2) is 53.9 Å². The number of nitrogens with zero attached hydrogens (tertiary/aromatic N) is 5. The van der Waals surface area contributed by atoms with Gasteiger partial charge in [0.15, 0.2) is 5.82 Å². The summed E-state index contributed by atoms with van der Waals surface area (Å²) in [6, 6.07) is 13.4. The number of alkyl halides is 3. The van der Waals surface area contributed by atoms with E-state index in [9.17, 15) is 18.0 Å². The van der Waals surface area contributed by atoms with Gasteiger partial charge in [0.05, 0.1) is 10.4 Å². The molecule has 0 saturated carbocycles. The van der Waals surface area contributed by atoms with Crippen molar-refractivity contribution in [2.45, 2.75) is 19.0 Å². The minimum absolute atomic E-state index is 0.0373. The molecule has 2 fully saturated rings. The zero-order valence-electron chi connectivity index (χ0n) is 19.1. The third kappa shape index (κ3) is 5.27. The number of aromatic nitrogens is 2. The van der Waals surface area contributed by atoms with Crippen molar-refractivity contribution < 1.29 is 18.0 Å². The van der Waals surface area contributed by atoms with E-state index in [0.717, 1.165) is 48.4 Å². The summed E-state index contributed by atoms with van der Waals surface area (Å²) in [6.45, 7) is 3.58. The summed E-state index contributed by atoms with van der Waals surface area (Å²) >= 11 is 1.63. The van der Waals surface area contributed by atoms with Crippen LogP contribution in [0.4, 0.5) is 24.7 Å². The molecule has 10 heteroatoms. The van der Waals surface area contributed by atoms with Gasteiger partial charge in [-0.3, -0.25) is 4.79 Å². The SMILES string of the molecule is O=C(C1CCN(c2ccc(-c3cccs3)nn2)CC1)N1CCN(c2cccc(C(F)(F)F)c2)CC1. The maximum absolute atomic E-state index is 13.1. The summed E-state index contributed by atoms with van der Waals surface area (Å²) < 4.78 is 39.1. The van der Waals surface area contributed by atoms with E-state index in [0.29, 0.717) is 31.9 Å². The van der Waals surface area contributed by atoms with Crippen molar-refractivity contribution >= 4 is 28.7 Å². The average molecular weight is 502 g/mol. The van der Waals surface area contributed by atoms with Crippen molar-refractivity contribution in [3.05, 3.63) is 59.5 Å². The molecule has 5 rings (SSSR count). The predicted molar refractivity (Wildman–Crippen MR) is 131 cm³/mol. The number of rotatable bonds is 4. The number of piperidine rings is 1. The molecule has 2 aliphatic heterocycles. The fourth-order valence-corrected chi connectivity index (χ4v) is 5.42. The molecule has 2 aliphatic rings. The van der Waals surface area contributed by atoms with Crippen molar-refractivity contribution in [2.24, 2.45) is 5.92 Å². The maximum Gasteiger partial charge on any atom is 0.416 e. The third-order valence-electron chi connectivity index (χ3n) is 6.72. The van der Waals surface area contributed by atoms with Crippen molar-refractivity contribution in [3.63, 3.8) is 0 Å². The standard InChI is InChI=1S/C25H26F3N5OS/c26-25(27,28)19-3-1-4-20(17-19)31-12-14-33(15-13-31)24(34)18-8-10-32(11-9-18)23-7-6-21(29-30-23)22-5-2-16-35-22/h1-7,16-18H,8-15H2. The van der Waals surface area contributed by atoms with Gasteiger partial charge in [0.25, 0.3) is 0 Å². The molecule has 1 aromatic carbocycles. The van der Waals surface area contributed by atoms with Crippen molar-refractivity contribution in [3.8, 4) is 10.6 Å². The molecule has 0 atom stereocenters. The molecule has 184 valence electrons. The van der Waals surface area contributed by atoms with Crippen LogP contribution in [-0.4, -0.2) is 60.3 Å². The Morgan fingerprint density at radius 3 is 2.29 bits per heavy atom. The lowest BCUT2D eigenvalue weighted by Crippen LogP contribution is -2.51. The van der Waals surface area contributed by atoms with Crippen molar-refractivity contribution in [2.75, 3.05) is 49.1 Å². The largest absolute Gasteiger partial charge is 0.416 e. The molecule has 0 unspecified atom stereocenters. The highest BCUT2D eigenvalue weighted by molar-refractivity contribution is 7.13. The number of carbonyl (C=O) groups excluding carboxylic acids is 1. The third-order valence-corrected chi connectivity index (χ3v) is 7.61.